The second-order valence-electron chi connectivity index (χ2n) is 5.32. The van der Waals surface area contributed by atoms with Crippen molar-refractivity contribution >= 4 is 27.5 Å². The van der Waals surface area contributed by atoms with Crippen LogP contribution < -0.4 is 5.32 Å². The monoisotopic (exact) mass is 305 g/mol. The van der Waals surface area contributed by atoms with Gasteiger partial charge in [-0.25, -0.2) is 0 Å². The molecule has 19 heavy (non-hydrogen) atoms. The molecule has 0 spiro atoms. The molecule has 0 radical (unpaired) electrons. The van der Waals surface area contributed by atoms with Crippen LogP contribution in [-0.2, 0) is 4.79 Å². The number of hydrogen-bond donors (Lipinski definition) is 2. The number of unbranched alkanes of at least 4 members (excludes halogenated alkanes) is 1. The zero-order valence-corrected chi connectivity index (χ0v) is 13.7. The summed E-state index contributed by atoms with van der Waals surface area (Å²) in [5.41, 5.74) is 0. The fraction of sp³-hybridized carbons (Fsp3) is 0.929. The molecule has 5 heteroatoms. The first kappa shape index (κ1) is 17.2. The smallest absolute Gasteiger partial charge is 0.220 e. The van der Waals surface area contributed by atoms with E-state index in [0.717, 1.165) is 24.5 Å². The van der Waals surface area contributed by atoms with E-state index in [2.05, 4.69) is 19.2 Å². The van der Waals surface area contributed by atoms with Crippen LogP contribution >= 0.6 is 21.6 Å². The number of rotatable bonds is 9. The summed E-state index contributed by atoms with van der Waals surface area (Å²) in [5.74, 6) is 1.71. The Balaban J connectivity index is 2.09. The van der Waals surface area contributed by atoms with Gasteiger partial charge in [-0.15, -0.1) is 0 Å². The number of carbonyl (C=O) groups is 1. The first-order valence-corrected chi connectivity index (χ1v) is 9.74. The Hall–Kier alpha value is 0.130. The molecule has 0 bridgehead atoms. The molecule has 1 aliphatic heterocycles. The molecule has 1 heterocycles. The van der Waals surface area contributed by atoms with E-state index in [-0.39, 0.29) is 18.6 Å². The van der Waals surface area contributed by atoms with Crippen LogP contribution in [-0.4, -0.2) is 34.7 Å². The standard InChI is InChI=1S/C14H27NO2S2/c1-3-11(2)13(10-16)15-14(17)7-5-4-6-12-8-9-18-19-12/h11-13,16H,3-10H2,1-2H3,(H,15,17)/t11-,12+,13-/m1/s1. The lowest BCUT2D eigenvalue weighted by molar-refractivity contribution is -0.122. The van der Waals surface area contributed by atoms with Crippen molar-refractivity contribution < 1.29 is 9.90 Å². The van der Waals surface area contributed by atoms with E-state index < -0.39 is 0 Å². The van der Waals surface area contributed by atoms with E-state index in [9.17, 15) is 9.90 Å². The van der Waals surface area contributed by atoms with Crippen LogP contribution in [0.1, 0.15) is 52.4 Å². The number of amides is 1. The predicted octanol–water partition coefficient (Wildman–Crippen LogP) is 3.22. The number of aliphatic hydroxyl groups is 1. The van der Waals surface area contributed by atoms with Gasteiger partial charge in [0.2, 0.25) is 5.91 Å². The lowest BCUT2D eigenvalue weighted by Crippen LogP contribution is -2.41. The average molecular weight is 306 g/mol. The van der Waals surface area contributed by atoms with Crippen molar-refractivity contribution in [3.8, 4) is 0 Å². The van der Waals surface area contributed by atoms with Gasteiger partial charge in [-0.05, 0) is 25.2 Å². The van der Waals surface area contributed by atoms with Crippen molar-refractivity contribution in [1.82, 2.24) is 5.32 Å². The molecule has 3 atom stereocenters. The third kappa shape index (κ3) is 6.91. The van der Waals surface area contributed by atoms with Gasteiger partial charge >= 0.3 is 0 Å². The Labute approximate surface area is 125 Å². The van der Waals surface area contributed by atoms with Gasteiger partial charge in [-0.2, -0.15) is 0 Å². The van der Waals surface area contributed by atoms with Crippen LogP contribution in [0.4, 0.5) is 0 Å². The molecule has 0 aromatic rings. The van der Waals surface area contributed by atoms with Crippen LogP contribution in [0.15, 0.2) is 0 Å². The first-order valence-electron chi connectivity index (χ1n) is 7.35. The second-order valence-corrected chi connectivity index (χ2v) is 8.10. The second kappa shape index (κ2) is 9.94. The molecule has 0 aromatic heterocycles. The van der Waals surface area contributed by atoms with E-state index in [1.165, 1.54) is 18.6 Å². The molecule has 3 nitrogen and oxygen atoms in total. The maximum Gasteiger partial charge on any atom is 0.220 e. The van der Waals surface area contributed by atoms with Gasteiger partial charge in [-0.1, -0.05) is 48.3 Å². The minimum Gasteiger partial charge on any atom is -0.394 e. The van der Waals surface area contributed by atoms with Gasteiger partial charge < -0.3 is 10.4 Å². The van der Waals surface area contributed by atoms with Crippen molar-refractivity contribution in [3.05, 3.63) is 0 Å². The summed E-state index contributed by atoms with van der Waals surface area (Å²) in [6, 6.07) is -0.0840. The molecular weight excluding hydrogens is 278 g/mol. The molecule has 0 aliphatic carbocycles. The summed E-state index contributed by atoms with van der Waals surface area (Å²) in [6.45, 7) is 4.18. The summed E-state index contributed by atoms with van der Waals surface area (Å²) in [6.07, 6.45) is 6.23. The molecule has 1 amide bonds. The van der Waals surface area contributed by atoms with Crippen LogP contribution in [0, 0.1) is 5.92 Å². The van der Waals surface area contributed by atoms with Gasteiger partial charge in [0, 0.05) is 17.4 Å². The number of carbonyl (C=O) groups excluding carboxylic acids is 1. The normalized spacial score (nSPS) is 22.2. The lowest BCUT2D eigenvalue weighted by atomic mass is 9.99. The minimum atomic E-state index is -0.0840. The summed E-state index contributed by atoms with van der Waals surface area (Å²) in [7, 11) is 3.98. The largest absolute Gasteiger partial charge is 0.394 e. The van der Waals surface area contributed by atoms with E-state index in [1.54, 1.807) is 0 Å². The Morgan fingerprint density at radius 1 is 1.47 bits per heavy atom. The maximum atomic E-state index is 11.8. The molecule has 1 fully saturated rings. The third-order valence-electron chi connectivity index (χ3n) is 3.78. The Bertz CT molecular complexity index is 258. The summed E-state index contributed by atoms with van der Waals surface area (Å²) >= 11 is 0. The molecule has 1 rings (SSSR count). The quantitative estimate of drug-likeness (QED) is 0.507. The Morgan fingerprint density at radius 2 is 2.26 bits per heavy atom. The zero-order chi connectivity index (χ0) is 14.1. The molecule has 1 saturated heterocycles. The van der Waals surface area contributed by atoms with Gasteiger partial charge in [0.1, 0.15) is 0 Å². The van der Waals surface area contributed by atoms with Crippen LogP contribution in [0.25, 0.3) is 0 Å². The van der Waals surface area contributed by atoms with Crippen molar-refractivity contribution in [3.63, 3.8) is 0 Å². The SMILES string of the molecule is CC[C@@H](C)[C@@H](CO)NC(=O)CCCC[C@H]1CCSS1. The highest BCUT2D eigenvalue weighted by Crippen LogP contribution is 2.39. The van der Waals surface area contributed by atoms with E-state index in [1.807, 2.05) is 21.6 Å². The maximum absolute atomic E-state index is 11.8. The summed E-state index contributed by atoms with van der Waals surface area (Å²) < 4.78 is 0. The predicted molar refractivity (Wildman–Crippen MR) is 85.4 cm³/mol. The highest BCUT2D eigenvalue weighted by molar-refractivity contribution is 8.77. The molecule has 2 N–H and O–H groups in total. The van der Waals surface area contributed by atoms with Gasteiger partial charge in [0.05, 0.1) is 12.6 Å². The van der Waals surface area contributed by atoms with Crippen molar-refractivity contribution in [1.29, 1.82) is 0 Å². The minimum absolute atomic E-state index is 0.0384. The molecule has 0 aromatic carbocycles. The van der Waals surface area contributed by atoms with E-state index >= 15 is 0 Å². The highest BCUT2D eigenvalue weighted by Gasteiger charge is 2.18. The molecular formula is C14H27NO2S2. The fourth-order valence-electron chi connectivity index (χ4n) is 2.15. The summed E-state index contributed by atoms with van der Waals surface area (Å²) in [5, 5.41) is 13.0. The van der Waals surface area contributed by atoms with E-state index in [0.29, 0.717) is 12.3 Å². The molecule has 0 unspecified atom stereocenters. The van der Waals surface area contributed by atoms with Gasteiger partial charge in [0.25, 0.3) is 0 Å². The Morgan fingerprint density at radius 3 is 2.84 bits per heavy atom. The molecule has 0 saturated carbocycles. The van der Waals surface area contributed by atoms with Crippen molar-refractivity contribution in [2.75, 3.05) is 12.4 Å². The van der Waals surface area contributed by atoms with Crippen molar-refractivity contribution in [2.24, 2.45) is 5.92 Å². The number of hydrogen-bond acceptors (Lipinski definition) is 4. The van der Waals surface area contributed by atoms with Crippen LogP contribution in [0.3, 0.4) is 0 Å². The number of aliphatic hydroxyl groups excluding tert-OH is 1. The first-order chi connectivity index (χ1) is 9.17. The summed E-state index contributed by atoms with van der Waals surface area (Å²) in [4.78, 5) is 11.8. The highest BCUT2D eigenvalue weighted by atomic mass is 33.1. The van der Waals surface area contributed by atoms with Crippen LogP contribution in [0.2, 0.25) is 0 Å². The average Bonchev–Trinajstić information content (AvgIpc) is 2.93. The zero-order valence-electron chi connectivity index (χ0n) is 12.1. The molecule has 1 aliphatic rings. The van der Waals surface area contributed by atoms with Crippen molar-refractivity contribution in [2.45, 2.75) is 63.7 Å². The van der Waals surface area contributed by atoms with Gasteiger partial charge in [0.15, 0.2) is 0 Å². The molecule has 112 valence electrons. The number of nitrogens with one attached hydrogen (secondary N) is 1. The topological polar surface area (TPSA) is 49.3 Å². The lowest BCUT2D eigenvalue weighted by Gasteiger charge is -2.22. The fourth-order valence-corrected chi connectivity index (χ4v) is 5.18. The van der Waals surface area contributed by atoms with E-state index in [4.69, 9.17) is 0 Å². The third-order valence-corrected chi connectivity index (χ3v) is 6.79. The van der Waals surface area contributed by atoms with Crippen LogP contribution in [0.5, 0.6) is 0 Å². The van der Waals surface area contributed by atoms with Gasteiger partial charge in [-0.3, -0.25) is 4.79 Å². The Kier molecular flexibility index (Phi) is 8.99.